The zero-order valence-corrected chi connectivity index (χ0v) is 18.2. The van der Waals surface area contributed by atoms with Crippen molar-refractivity contribution in [3.8, 4) is 6.07 Å². The predicted molar refractivity (Wildman–Crippen MR) is 107 cm³/mol. The fourth-order valence-electron chi connectivity index (χ4n) is 3.71. The van der Waals surface area contributed by atoms with Crippen LogP contribution in [0.5, 0.6) is 0 Å². The molecule has 1 fully saturated rings. The van der Waals surface area contributed by atoms with Crippen LogP contribution in [0.1, 0.15) is 24.0 Å². The molecule has 1 aromatic rings. The second-order valence-electron chi connectivity index (χ2n) is 7.76. The molecule has 0 aliphatic carbocycles. The number of anilines is 1. The van der Waals surface area contributed by atoms with Crippen LogP contribution in [0.3, 0.4) is 0 Å². The van der Waals surface area contributed by atoms with Gasteiger partial charge in [-0.3, -0.25) is 0 Å². The van der Waals surface area contributed by atoms with Gasteiger partial charge in [-0.1, -0.05) is 0 Å². The molecule has 2 aliphatic heterocycles. The fraction of sp³-hybridized carbons (Fsp3) is 0.556. The van der Waals surface area contributed by atoms with Gasteiger partial charge in [0.1, 0.15) is 6.54 Å². The lowest BCUT2D eigenvalue weighted by atomic mass is 9.98. The molecule has 0 radical (unpaired) electrons. The molecular weight excluding hydrogens is 494 g/mol. The summed E-state index contributed by atoms with van der Waals surface area (Å²) in [5, 5.41) is 14.0. The van der Waals surface area contributed by atoms with Crippen molar-refractivity contribution in [2.75, 3.05) is 31.1 Å². The quantitative estimate of drug-likeness (QED) is 0.561. The lowest BCUT2D eigenvalue weighted by molar-refractivity contribution is -0.137. The second-order valence-corrected chi connectivity index (χ2v) is 9.30. The highest BCUT2D eigenvalue weighted by atomic mass is 32.2. The van der Waals surface area contributed by atoms with Gasteiger partial charge >= 0.3 is 12.4 Å². The summed E-state index contributed by atoms with van der Waals surface area (Å²) >= 11 is 0. The summed E-state index contributed by atoms with van der Waals surface area (Å²) in [6.45, 7) is -1.82. The van der Waals surface area contributed by atoms with E-state index in [1.54, 1.807) is 0 Å². The van der Waals surface area contributed by atoms with E-state index in [1.807, 2.05) is 0 Å². The number of benzene rings is 1. The van der Waals surface area contributed by atoms with E-state index in [9.17, 15) is 34.8 Å². The molecule has 1 atom stereocenters. The van der Waals surface area contributed by atoms with Gasteiger partial charge in [-0.05, 0) is 31.0 Å². The molecule has 1 saturated heterocycles. The molecule has 34 heavy (non-hydrogen) atoms. The standard InChI is InChI=1S/C18H20F6N6O3S/c19-17(20,21)10-29(13-2-1-12(8-25)14(7-13)18(22,23)24)9-15-27-16(33-28-15)11-3-5-30(6-4-11)34(26,31)32/h1-2,7,11,15,28H,3-6,9-10H2,(H2,26,31,32). The molecular formula is C18H20F6N6O3S. The molecule has 16 heteroatoms. The second kappa shape index (κ2) is 9.56. The molecule has 0 spiro atoms. The lowest BCUT2D eigenvalue weighted by Gasteiger charge is -2.28. The number of nitrogens with zero attached hydrogens (tertiary/aromatic N) is 4. The van der Waals surface area contributed by atoms with E-state index in [1.165, 1.54) is 6.07 Å². The minimum atomic E-state index is -4.93. The molecule has 3 N–H and O–H groups in total. The third-order valence-corrected chi connectivity index (χ3v) is 6.39. The monoisotopic (exact) mass is 514 g/mol. The number of hydroxylamine groups is 1. The maximum absolute atomic E-state index is 13.3. The normalized spacial score (nSPS) is 20.5. The van der Waals surface area contributed by atoms with E-state index in [-0.39, 0.29) is 24.9 Å². The van der Waals surface area contributed by atoms with Crippen molar-refractivity contribution >= 4 is 21.8 Å². The van der Waals surface area contributed by atoms with Gasteiger partial charge in [-0.2, -0.15) is 44.3 Å². The number of nitrogens with one attached hydrogen (secondary N) is 1. The van der Waals surface area contributed by atoms with Crippen molar-refractivity contribution in [2.24, 2.45) is 16.0 Å². The highest BCUT2D eigenvalue weighted by molar-refractivity contribution is 7.86. The average molecular weight is 514 g/mol. The summed E-state index contributed by atoms with van der Waals surface area (Å²) < 4.78 is 103. The van der Waals surface area contributed by atoms with Gasteiger partial charge in [0.15, 0.2) is 6.17 Å². The van der Waals surface area contributed by atoms with Crippen molar-refractivity contribution in [2.45, 2.75) is 31.4 Å². The Labute approximate surface area is 190 Å². The van der Waals surface area contributed by atoms with Gasteiger partial charge in [0.05, 0.1) is 23.7 Å². The molecule has 1 unspecified atom stereocenters. The molecule has 0 bridgehead atoms. The molecule has 0 amide bonds. The average Bonchev–Trinajstić information content (AvgIpc) is 3.19. The van der Waals surface area contributed by atoms with Crippen LogP contribution in [0.2, 0.25) is 0 Å². The summed E-state index contributed by atoms with van der Waals surface area (Å²) in [4.78, 5) is 10.1. The molecule has 9 nitrogen and oxygen atoms in total. The van der Waals surface area contributed by atoms with E-state index >= 15 is 0 Å². The Morgan fingerprint density at radius 3 is 2.41 bits per heavy atom. The Bertz CT molecular complexity index is 1080. The highest BCUT2D eigenvalue weighted by Gasteiger charge is 2.38. The topological polar surface area (TPSA) is 124 Å². The van der Waals surface area contributed by atoms with Gasteiger partial charge < -0.3 is 9.74 Å². The Kier molecular flexibility index (Phi) is 7.31. The Morgan fingerprint density at radius 2 is 1.88 bits per heavy atom. The number of hydrogen-bond donors (Lipinski definition) is 2. The van der Waals surface area contributed by atoms with Gasteiger partial charge in [0, 0.05) is 24.7 Å². The number of nitriles is 1. The number of nitrogens with two attached hydrogens (primary N) is 1. The van der Waals surface area contributed by atoms with Crippen LogP contribution < -0.4 is 15.5 Å². The minimum Gasteiger partial charge on any atom is -0.391 e. The smallest absolute Gasteiger partial charge is 0.391 e. The van der Waals surface area contributed by atoms with E-state index in [2.05, 4.69) is 10.5 Å². The van der Waals surface area contributed by atoms with E-state index in [0.29, 0.717) is 23.8 Å². The van der Waals surface area contributed by atoms with Crippen LogP contribution >= 0.6 is 0 Å². The van der Waals surface area contributed by atoms with Crippen LogP contribution in [-0.2, 0) is 21.2 Å². The number of hydrogen-bond acceptors (Lipinski definition) is 7. The van der Waals surface area contributed by atoms with E-state index in [0.717, 1.165) is 16.4 Å². The van der Waals surface area contributed by atoms with Crippen molar-refractivity contribution in [1.82, 2.24) is 9.79 Å². The maximum Gasteiger partial charge on any atom is 0.417 e. The van der Waals surface area contributed by atoms with Gasteiger partial charge in [-0.25, -0.2) is 10.1 Å². The number of aliphatic imine (C=N–C) groups is 1. The number of piperidine rings is 1. The van der Waals surface area contributed by atoms with Crippen molar-refractivity contribution in [3.63, 3.8) is 0 Å². The molecule has 2 aliphatic rings. The molecule has 1 aromatic carbocycles. The highest BCUT2D eigenvalue weighted by Crippen LogP contribution is 2.35. The van der Waals surface area contributed by atoms with Crippen LogP contribution in [-0.4, -0.2) is 57.1 Å². The van der Waals surface area contributed by atoms with Crippen LogP contribution in [0.4, 0.5) is 32.0 Å². The van der Waals surface area contributed by atoms with E-state index < -0.39 is 58.6 Å². The molecule has 2 heterocycles. The SMILES string of the molecule is N#Cc1ccc(N(CC2N=C(C3CCN(S(N)(=O)=O)CC3)ON2)CC(F)(F)F)cc1C(F)(F)F. The van der Waals surface area contributed by atoms with E-state index in [4.69, 9.17) is 15.2 Å². The Balaban J connectivity index is 1.78. The van der Waals surface area contributed by atoms with Crippen molar-refractivity contribution < 1.29 is 39.6 Å². The first-order valence-corrected chi connectivity index (χ1v) is 11.4. The zero-order chi connectivity index (χ0) is 25.3. The third-order valence-electron chi connectivity index (χ3n) is 5.30. The number of rotatable bonds is 6. The minimum absolute atomic E-state index is 0.113. The van der Waals surface area contributed by atoms with Crippen LogP contribution in [0.25, 0.3) is 0 Å². The molecule has 188 valence electrons. The number of halogens is 6. The van der Waals surface area contributed by atoms with Crippen molar-refractivity contribution in [3.05, 3.63) is 29.3 Å². The summed E-state index contributed by atoms with van der Waals surface area (Å²) in [7, 11) is -3.84. The molecule has 3 rings (SSSR count). The summed E-state index contributed by atoms with van der Waals surface area (Å²) in [6, 6.07) is 3.69. The summed E-state index contributed by atoms with van der Waals surface area (Å²) in [6.07, 6.45) is -10.1. The lowest BCUT2D eigenvalue weighted by Crippen LogP contribution is -2.43. The third kappa shape index (κ3) is 6.50. The first-order chi connectivity index (χ1) is 15.7. The van der Waals surface area contributed by atoms with Gasteiger partial charge in [-0.15, -0.1) is 5.48 Å². The zero-order valence-electron chi connectivity index (χ0n) is 17.4. The summed E-state index contributed by atoms with van der Waals surface area (Å²) in [5.74, 6) is -0.139. The molecule has 0 aromatic heterocycles. The van der Waals surface area contributed by atoms with Crippen molar-refractivity contribution in [1.29, 1.82) is 5.26 Å². The molecule has 0 saturated carbocycles. The first kappa shape index (κ1) is 26.0. The number of alkyl halides is 6. The fourth-order valence-corrected chi connectivity index (χ4v) is 4.43. The predicted octanol–water partition coefficient (Wildman–Crippen LogP) is 2.12. The van der Waals surface area contributed by atoms with Gasteiger partial charge in [0.2, 0.25) is 5.90 Å². The van der Waals surface area contributed by atoms with Gasteiger partial charge in [0.25, 0.3) is 10.2 Å². The van der Waals surface area contributed by atoms with Crippen LogP contribution in [0.15, 0.2) is 23.2 Å². The van der Waals surface area contributed by atoms with Crippen LogP contribution in [0, 0.1) is 17.2 Å². The summed E-state index contributed by atoms with van der Waals surface area (Å²) in [5.41, 5.74) is 0.00441. The Morgan fingerprint density at radius 1 is 1.24 bits per heavy atom. The largest absolute Gasteiger partial charge is 0.417 e. The maximum atomic E-state index is 13.3. The Hall–Kier alpha value is -2.61. The first-order valence-electron chi connectivity index (χ1n) is 9.88.